The maximum absolute atomic E-state index is 12.7. The molecular weight excluding hydrogens is 264 g/mol. The molecule has 2 unspecified atom stereocenters. The number of fused-ring (bicyclic) bond motifs is 1. The lowest BCUT2D eigenvalue weighted by Gasteiger charge is -2.37. The van der Waals surface area contributed by atoms with Crippen molar-refractivity contribution >= 4 is 11.7 Å². The van der Waals surface area contributed by atoms with E-state index in [1.54, 1.807) is 6.07 Å². The number of likely N-dealkylation sites (tertiary alicyclic amines) is 1. The molecule has 114 valence electrons. The van der Waals surface area contributed by atoms with E-state index >= 15 is 0 Å². The highest BCUT2D eigenvalue weighted by Gasteiger charge is 2.37. The van der Waals surface area contributed by atoms with Crippen LogP contribution >= 0.6 is 0 Å². The number of anilines is 1. The third kappa shape index (κ3) is 3.01. The standard InChI is InChI=1S/C16H24N4O/c1-2-10-17-15-9-8-13(18-19-15)16(21)20-11-4-6-12-5-3-7-14(12)20/h8-9,12,14H,2-7,10-11H2,1H3,(H,17,19). The largest absolute Gasteiger partial charge is 0.369 e. The first-order valence-corrected chi connectivity index (χ1v) is 8.18. The molecule has 3 rings (SSSR count). The summed E-state index contributed by atoms with van der Waals surface area (Å²) in [6.45, 7) is 3.85. The molecule has 0 radical (unpaired) electrons. The van der Waals surface area contributed by atoms with Crippen LogP contribution in [0.1, 0.15) is 55.9 Å². The van der Waals surface area contributed by atoms with E-state index in [1.165, 1.54) is 19.3 Å². The van der Waals surface area contributed by atoms with Gasteiger partial charge in [0, 0.05) is 19.1 Å². The third-order valence-electron chi connectivity index (χ3n) is 4.69. The maximum Gasteiger partial charge on any atom is 0.274 e. The Hall–Kier alpha value is -1.65. The van der Waals surface area contributed by atoms with Crippen LogP contribution in [0.5, 0.6) is 0 Å². The van der Waals surface area contributed by atoms with Crippen LogP contribution in [0.3, 0.4) is 0 Å². The monoisotopic (exact) mass is 288 g/mol. The normalized spacial score (nSPS) is 24.7. The fraction of sp³-hybridized carbons (Fsp3) is 0.688. The van der Waals surface area contributed by atoms with Crippen molar-refractivity contribution in [2.24, 2.45) is 5.92 Å². The van der Waals surface area contributed by atoms with Gasteiger partial charge in [0.05, 0.1) is 0 Å². The summed E-state index contributed by atoms with van der Waals surface area (Å²) in [7, 11) is 0. The molecule has 0 spiro atoms. The number of amides is 1. The number of aromatic nitrogens is 2. The Morgan fingerprint density at radius 2 is 2.14 bits per heavy atom. The Balaban J connectivity index is 1.69. The zero-order valence-electron chi connectivity index (χ0n) is 12.7. The number of piperidine rings is 1. The SMILES string of the molecule is CCCNc1ccc(C(=O)N2CCCC3CCCC32)nn1. The minimum absolute atomic E-state index is 0.0566. The lowest BCUT2D eigenvalue weighted by Crippen LogP contribution is -2.46. The van der Waals surface area contributed by atoms with Crippen molar-refractivity contribution in [1.82, 2.24) is 15.1 Å². The predicted octanol–water partition coefficient (Wildman–Crippen LogP) is 2.70. The zero-order valence-corrected chi connectivity index (χ0v) is 12.7. The Kier molecular flexibility index (Phi) is 4.36. The first-order chi connectivity index (χ1) is 10.3. The van der Waals surface area contributed by atoms with Crippen molar-refractivity contribution < 1.29 is 4.79 Å². The molecule has 5 heteroatoms. The Morgan fingerprint density at radius 1 is 1.29 bits per heavy atom. The van der Waals surface area contributed by atoms with Crippen molar-refractivity contribution in [3.8, 4) is 0 Å². The molecule has 1 aliphatic carbocycles. The zero-order chi connectivity index (χ0) is 14.7. The molecule has 2 fully saturated rings. The molecule has 5 nitrogen and oxygen atoms in total. The van der Waals surface area contributed by atoms with Gasteiger partial charge in [-0.25, -0.2) is 0 Å². The topological polar surface area (TPSA) is 58.1 Å². The molecule has 1 aromatic heterocycles. The minimum Gasteiger partial charge on any atom is -0.369 e. The summed E-state index contributed by atoms with van der Waals surface area (Å²) in [4.78, 5) is 14.7. The fourth-order valence-corrected chi connectivity index (χ4v) is 3.65. The molecule has 1 amide bonds. The van der Waals surface area contributed by atoms with Gasteiger partial charge in [-0.05, 0) is 50.2 Å². The van der Waals surface area contributed by atoms with Crippen molar-refractivity contribution in [1.29, 1.82) is 0 Å². The number of hydrogen-bond donors (Lipinski definition) is 1. The summed E-state index contributed by atoms with van der Waals surface area (Å²) in [6.07, 6.45) is 7.13. The van der Waals surface area contributed by atoms with Gasteiger partial charge in [-0.2, -0.15) is 0 Å². The molecule has 0 bridgehead atoms. The average Bonchev–Trinajstić information content (AvgIpc) is 3.01. The highest BCUT2D eigenvalue weighted by atomic mass is 16.2. The van der Waals surface area contributed by atoms with Gasteiger partial charge in [0.25, 0.3) is 5.91 Å². The lowest BCUT2D eigenvalue weighted by molar-refractivity contribution is 0.0541. The molecule has 1 N–H and O–H groups in total. The van der Waals surface area contributed by atoms with Crippen LogP contribution in [0.25, 0.3) is 0 Å². The highest BCUT2D eigenvalue weighted by Crippen LogP contribution is 2.37. The van der Waals surface area contributed by atoms with Gasteiger partial charge in [-0.15, -0.1) is 10.2 Å². The van der Waals surface area contributed by atoms with E-state index in [1.807, 2.05) is 11.0 Å². The van der Waals surface area contributed by atoms with Gasteiger partial charge in [0.15, 0.2) is 5.69 Å². The molecular formula is C16H24N4O. The van der Waals surface area contributed by atoms with Crippen LogP contribution in [0, 0.1) is 5.92 Å². The van der Waals surface area contributed by atoms with E-state index in [4.69, 9.17) is 0 Å². The predicted molar refractivity (Wildman–Crippen MR) is 82.2 cm³/mol. The second kappa shape index (κ2) is 6.41. The van der Waals surface area contributed by atoms with Crippen LogP contribution in [0.15, 0.2) is 12.1 Å². The summed E-state index contributed by atoms with van der Waals surface area (Å²) in [5.74, 6) is 1.51. The molecule has 21 heavy (non-hydrogen) atoms. The third-order valence-corrected chi connectivity index (χ3v) is 4.69. The van der Waals surface area contributed by atoms with E-state index in [0.29, 0.717) is 17.7 Å². The number of carbonyl (C=O) groups is 1. The molecule has 2 aliphatic rings. The fourth-order valence-electron chi connectivity index (χ4n) is 3.65. The van der Waals surface area contributed by atoms with Crippen molar-refractivity contribution in [3.63, 3.8) is 0 Å². The van der Waals surface area contributed by atoms with E-state index in [9.17, 15) is 4.79 Å². The number of nitrogens with one attached hydrogen (secondary N) is 1. The molecule has 2 heterocycles. The van der Waals surface area contributed by atoms with Gasteiger partial charge < -0.3 is 10.2 Å². The molecule has 1 saturated heterocycles. The van der Waals surface area contributed by atoms with Crippen LogP contribution in [-0.4, -0.2) is 40.1 Å². The van der Waals surface area contributed by atoms with Gasteiger partial charge in [-0.1, -0.05) is 13.3 Å². The van der Waals surface area contributed by atoms with Crippen LogP contribution < -0.4 is 5.32 Å². The van der Waals surface area contributed by atoms with Crippen LogP contribution in [0.2, 0.25) is 0 Å². The second-order valence-electron chi connectivity index (χ2n) is 6.13. The van der Waals surface area contributed by atoms with Gasteiger partial charge in [-0.3, -0.25) is 4.79 Å². The Labute approximate surface area is 126 Å². The summed E-state index contributed by atoms with van der Waals surface area (Å²) < 4.78 is 0. The average molecular weight is 288 g/mol. The summed E-state index contributed by atoms with van der Waals surface area (Å²) in [5, 5.41) is 11.4. The first kappa shape index (κ1) is 14.3. The van der Waals surface area contributed by atoms with Crippen molar-refractivity contribution in [3.05, 3.63) is 17.8 Å². The van der Waals surface area contributed by atoms with E-state index in [0.717, 1.165) is 38.2 Å². The second-order valence-corrected chi connectivity index (χ2v) is 6.13. The van der Waals surface area contributed by atoms with E-state index in [2.05, 4.69) is 22.4 Å². The minimum atomic E-state index is 0.0566. The molecule has 1 aromatic rings. The van der Waals surface area contributed by atoms with Gasteiger partial charge in [0.1, 0.15) is 5.82 Å². The Bertz CT molecular complexity index is 488. The Morgan fingerprint density at radius 3 is 2.90 bits per heavy atom. The van der Waals surface area contributed by atoms with Crippen molar-refractivity contribution in [2.75, 3.05) is 18.4 Å². The smallest absolute Gasteiger partial charge is 0.274 e. The molecule has 1 aliphatic heterocycles. The molecule has 2 atom stereocenters. The maximum atomic E-state index is 12.7. The van der Waals surface area contributed by atoms with E-state index in [-0.39, 0.29) is 5.91 Å². The van der Waals surface area contributed by atoms with E-state index < -0.39 is 0 Å². The van der Waals surface area contributed by atoms with Crippen LogP contribution in [-0.2, 0) is 0 Å². The summed E-state index contributed by atoms with van der Waals surface area (Å²) in [6, 6.07) is 4.09. The summed E-state index contributed by atoms with van der Waals surface area (Å²) in [5.41, 5.74) is 0.476. The quantitative estimate of drug-likeness (QED) is 0.925. The number of carbonyl (C=O) groups excluding carboxylic acids is 1. The number of nitrogens with zero attached hydrogens (tertiary/aromatic N) is 3. The van der Waals surface area contributed by atoms with Gasteiger partial charge in [0.2, 0.25) is 0 Å². The van der Waals surface area contributed by atoms with Gasteiger partial charge >= 0.3 is 0 Å². The van der Waals surface area contributed by atoms with Crippen LogP contribution in [0.4, 0.5) is 5.82 Å². The number of rotatable bonds is 4. The number of hydrogen-bond acceptors (Lipinski definition) is 4. The van der Waals surface area contributed by atoms with Crippen molar-refractivity contribution in [2.45, 2.75) is 51.5 Å². The summed E-state index contributed by atoms with van der Waals surface area (Å²) >= 11 is 0. The first-order valence-electron chi connectivity index (χ1n) is 8.18. The molecule has 1 saturated carbocycles. The highest BCUT2D eigenvalue weighted by molar-refractivity contribution is 5.92. The molecule has 0 aromatic carbocycles. The lowest BCUT2D eigenvalue weighted by atomic mass is 9.92.